The van der Waals surface area contributed by atoms with Gasteiger partial charge in [0.25, 0.3) is 0 Å². The molecule has 1 saturated heterocycles. The van der Waals surface area contributed by atoms with E-state index in [1.807, 2.05) is 35.2 Å². The van der Waals surface area contributed by atoms with Crippen LogP contribution in [0.5, 0.6) is 0 Å². The van der Waals surface area contributed by atoms with Crippen LogP contribution in [0, 0.1) is 5.92 Å². The van der Waals surface area contributed by atoms with E-state index in [1.165, 1.54) is 11.1 Å². The van der Waals surface area contributed by atoms with Crippen molar-refractivity contribution < 1.29 is 9.59 Å². The van der Waals surface area contributed by atoms with Crippen LogP contribution < -0.4 is 10.6 Å². The van der Waals surface area contributed by atoms with Crippen molar-refractivity contribution in [3.05, 3.63) is 65.7 Å². The SMILES string of the molecule is CCc1ccc(C2CC(C(=O)Nc3ccccc3)CN(C(=O)NC3CC3)C2)cc1. The minimum atomic E-state index is -0.232. The van der Waals surface area contributed by atoms with E-state index < -0.39 is 0 Å². The molecular formula is C24H29N3O2. The number of benzene rings is 2. The summed E-state index contributed by atoms with van der Waals surface area (Å²) < 4.78 is 0. The number of rotatable bonds is 5. The first-order chi connectivity index (χ1) is 14.1. The number of urea groups is 1. The second kappa shape index (κ2) is 8.68. The van der Waals surface area contributed by atoms with Gasteiger partial charge in [-0.05, 0) is 48.9 Å². The normalized spacial score (nSPS) is 21.5. The highest BCUT2D eigenvalue weighted by Gasteiger charge is 2.36. The molecule has 2 atom stereocenters. The van der Waals surface area contributed by atoms with Gasteiger partial charge >= 0.3 is 6.03 Å². The van der Waals surface area contributed by atoms with Gasteiger partial charge in [0.1, 0.15) is 0 Å². The Labute approximate surface area is 172 Å². The van der Waals surface area contributed by atoms with E-state index in [9.17, 15) is 9.59 Å². The molecule has 1 aliphatic carbocycles. The fourth-order valence-corrected chi connectivity index (χ4v) is 3.98. The Kier molecular flexibility index (Phi) is 5.84. The minimum absolute atomic E-state index is 0.0182. The Hall–Kier alpha value is -2.82. The Balaban J connectivity index is 1.51. The Bertz CT molecular complexity index is 846. The summed E-state index contributed by atoms with van der Waals surface area (Å²) in [7, 11) is 0. The third-order valence-corrected chi connectivity index (χ3v) is 5.91. The van der Waals surface area contributed by atoms with Gasteiger partial charge in [0.2, 0.25) is 5.91 Å². The van der Waals surface area contributed by atoms with Crippen LogP contribution in [-0.2, 0) is 11.2 Å². The molecule has 0 bridgehead atoms. The van der Waals surface area contributed by atoms with Crippen molar-refractivity contribution in [3.8, 4) is 0 Å². The molecule has 29 heavy (non-hydrogen) atoms. The summed E-state index contributed by atoms with van der Waals surface area (Å²) in [6.07, 6.45) is 3.86. The molecule has 2 aromatic rings. The lowest BCUT2D eigenvalue weighted by molar-refractivity contribution is -0.121. The fraction of sp³-hybridized carbons (Fsp3) is 0.417. The maximum atomic E-state index is 13.0. The van der Waals surface area contributed by atoms with E-state index in [2.05, 4.69) is 41.8 Å². The lowest BCUT2D eigenvalue weighted by atomic mass is 9.83. The van der Waals surface area contributed by atoms with Gasteiger partial charge in [-0.3, -0.25) is 4.79 Å². The Morgan fingerprint density at radius 1 is 1.00 bits per heavy atom. The van der Waals surface area contributed by atoms with Crippen molar-refractivity contribution in [3.63, 3.8) is 0 Å². The van der Waals surface area contributed by atoms with Crippen molar-refractivity contribution >= 4 is 17.6 Å². The fourth-order valence-electron chi connectivity index (χ4n) is 3.98. The van der Waals surface area contributed by atoms with Gasteiger partial charge in [-0.15, -0.1) is 0 Å². The number of nitrogens with zero attached hydrogens (tertiary/aromatic N) is 1. The van der Waals surface area contributed by atoms with Gasteiger partial charge in [0, 0.05) is 30.7 Å². The lowest BCUT2D eigenvalue weighted by Gasteiger charge is -2.37. The van der Waals surface area contributed by atoms with Crippen LogP contribution in [0.2, 0.25) is 0 Å². The largest absolute Gasteiger partial charge is 0.335 e. The molecule has 5 heteroatoms. The molecule has 2 aliphatic rings. The van der Waals surface area contributed by atoms with Crippen molar-refractivity contribution in [2.45, 2.75) is 44.6 Å². The second-order valence-corrected chi connectivity index (χ2v) is 8.21. The average molecular weight is 392 g/mol. The predicted molar refractivity (Wildman–Crippen MR) is 115 cm³/mol. The quantitative estimate of drug-likeness (QED) is 0.804. The van der Waals surface area contributed by atoms with Crippen molar-refractivity contribution in [2.24, 2.45) is 5.92 Å². The summed E-state index contributed by atoms with van der Waals surface area (Å²) >= 11 is 0. The summed E-state index contributed by atoms with van der Waals surface area (Å²) in [5.74, 6) is -0.0915. The number of carbonyl (C=O) groups excluding carboxylic acids is 2. The highest BCUT2D eigenvalue weighted by Crippen LogP contribution is 2.32. The molecule has 1 aliphatic heterocycles. The topological polar surface area (TPSA) is 61.4 Å². The van der Waals surface area contributed by atoms with Gasteiger partial charge in [0.15, 0.2) is 0 Å². The second-order valence-electron chi connectivity index (χ2n) is 8.21. The average Bonchev–Trinajstić information content (AvgIpc) is 3.58. The highest BCUT2D eigenvalue weighted by molar-refractivity contribution is 5.93. The van der Waals surface area contributed by atoms with E-state index >= 15 is 0 Å². The smallest absolute Gasteiger partial charge is 0.317 e. The summed E-state index contributed by atoms with van der Waals surface area (Å²) in [4.78, 5) is 27.5. The molecule has 1 heterocycles. The highest BCUT2D eigenvalue weighted by atomic mass is 16.2. The van der Waals surface area contributed by atoms with Crippen LogP contribution in [0.4, 0.5) is 10.5 Å². The van der Waals surface area contributed by atoms with Crippen LogP contribution in [0.3, 0.4) is 0 Å². The predicted octanol–water partition coefficient (Wildman–Crippen LogP) is 4.17. The van der Waals surface area contributed by atoms with Crippen LogP contribution in [0.25, 0.3) is 0 Å². The van der Waals surface area contributed by atoms with Gasteiger partial charge in [0.05, 0.1) is 5.92 Å². The molecule has 2 fully saturated rings. The van der Waals surface area contributed by atoms with Crippen molar-refractivity contribution in [1.29, 1.82) is 0 Å². The van der Waals surface area contributed by atoms with Gasteiger partial charge in [-0.2, -0.15) is 0 Å². The zero-order valence-corrected chi connectivity index (χ0v) is 16.9. The number of anilines is 1. The van der Waals surface area contributed by atoms with Crippen LogP contribution in [0.1, 0.15) is 43.2 Å². The summed E-state index contributed by atoms with van der Waals surface area (Å²) in [6.45, 7) is 3.25. The molecule has 2 aromatic carbocycles. The molecule has 3 amide bonds. The Morgan fingerprint density at radius 2 is 1.72 bits per heavy atom. The van der Waals surface area contributed by atoms with Crippen LogP contribution >= 0.6 is 0 Å². The van der Waals surface area contributed by atoms with E-state index in [0.717, 1.165) is 31.4 Å². The maximum absolute atomic E-state index is 13.0. The first-order valence-electron chi connectivity index (χ1n) is 10.6. The first kappa shape index (κ1) is 19.5. The molecular weight excluding hydrogens is 362 g/mol. The van der Waals surface area contributed by atoms with E-state index in [0.29, 0.717) is 19.1 Å². The molecule has 1 saturated carbocycles. The number of carbonyl (C=O) groups is 2. The van der Waals surface area contributed by atoms with E-state index in [1.54, 1.807) is 0 Å². The molecule has 0 radical (unpaired) electrons. The van der Waals surface area contributed by atoms with Gasteiger partial charge < -0.3 is 15.5 Å². The zero-order chi connectivity index (χ0) is 20.2. The Morgan fingerprint density at radius 3 is 2.38 bits per heavy atom. The number of nitrogens with one attached hydrogen (secondary N) is 2. The summed E-state index contributed by atoms with van der Waals surface area (Å²) in [5.41, 5.74) is 3.29. The van der Waals surface area contributed by atoms with E-state index in [4.69, 9.17) is 0 Å². The third-order valence-electron chi connectivity index (χ3n) is 5.91. The number of piperidine rings is 1. The number of hydrogen-bond acceptors (Lipinski definition) is 2. The first-order valence-corrected chi connectivity index (χ1v) is 10.6. The number of aryl methyl sites for hydroxylation is 1. The lowest BCUT2D eigenvalue weighted by Crippen LogP contribution is -2.50. The minimum Gasteiger partial charge on any atom is -0.335 e. The summed E-state index contributed by atoms with van der Waals surface area (Å²) in [5, 5.41) is 6.10. The zero-order valence-electron chi connectivity index (χ0n) is 16.9. The maximum Gasteiger partial charge on any atom is 0.317 e. The number of amides is 3. The van der Waals surface area contributed by atoms with Gasteiger partial charge in [-0.1, -0.05) is 49.4 Å². The molecule has 4 rings (SSSR count). The molecule has 0 aromatic heterocycles. The molecule has 2 unspecified atom stereocenters. The summed E-state index contributed by atoms with van der Waals surface area (Å²) in [6, 6.07) is 18.4. The molecule has 5 nitrogen and oxygen atoms in total. The third kappa shape index (κ3) is 4.97. The van der Waals surface area contributed by atoms with E-state index in [-0.39, 0.29) is 23.8 Å². The molecule has 0 spiro atoms. The number of para-hydroxylation sites is 1. The van der Waals surface area contributed by atoms with Crippen molar-refractivity contribution in [1.82, 2.24) is 10.2 Å². The van der Waals surface area contributed by atoms with Crippen LogP contribution in [0.15, 0.2) is 54.6 Å². The number of hydrogen-bond donors (Lipinski definition) is 2. The van der Waals surface area contributed by atoms with Crippen molar-refractivity contribution in [2.75, 3.05) is 18.4 Å². The molecule has 152 valence electrons. The van der Waals surface area contributed by atoms with Gasteiger partial charge in [-0.25, -0.2) is 4.79 Å². The molecule has 2 N–H and O–H groups in total. The monoisotopic (exact) mass is 391 g/mol. The number of likely N-dealkylation sites (tertiary alicyclic amines) is 1. The standard InChI is InChI=1S/C24H29N3O2/c1-2-17-8-10-18(11-9-17)19-14-20(23(28)25-21-6-4-3-5-7-21)16-27(15-19)24(29)26-22-12-13-22/h3-11,19-20,22H,2,12-16H2,1H3,(H,25,28)(H,26,29). The van der Waals surface area contributed by atoms with Crippen LogP contribution in [-0.4, -0.2) is 36.0 Å².